The molecule has 2 N–H and O–H groups in total. The van der Waals surface area contributed by atoms with Crippen LogP contribution in [0.15, 0.2) is 48.7 Å². The molecule has 0 bridgehead atoms. The number of benzene rings is 1. The van der Waals surface area contributed by atoms with E-state index in [4.69, 9.17) is 11.6 Å². The second kappa shape index (κ2) is 8.04. The number of hydrogen-bond acceptors (Lipinski definition) is 6. The maximum Gasteiger partial charge on any atom is 0.256 e. The zero-order chi connectivity index (χ0) is 23.0. The maximum atomic E-state index is 12.2. The van der Waals surface area contributed by atoms with Crippen LogP contribution in [0.3, 0.4) is 0 Å². The van der Waals surface area contributed by atoms with Crippen LogP contribution in [0.4, 0.5) is 5.82 Å². The highest BCUT2D eigenvalue weighted by Gasteiger charge is 2.25. The summed E-state index contributed by atoms with van der Waals surface area (Å²) < 4.78 is 1.59. The van der Waals surface area contributed by atoms with E-state index in [0.29, 0.717) is 27.6 Å². The molecule has 9 heteroatoms. The maximum absolute atomic E-state index is 12.2. The molecule has 0 spiro atoms. The number of aryl methyl sites for hydroxylation is 1. The first-order valence-corrected chi connectivity index (χ1v) is 10.1. The minimum atomic E-state index is -1.56. The number of anilines is 1. The molecule has 0 aliphatic heterocycles. The summed E-state index contributed by atoms with van der Waals surface area (Å²) in [5, 5.41) is 26.9. The number of carbonyl (C=O) groups excluding carboxylic acids is 1. The normalized spacial score (nSPS) is 11.4. The number of nitrogens with one attached hydrogen (secondary N) is 1. The Morgan fingerprint density at radius 2 is 1.97 bits per heavy atom. The Labute approximate surface area is 189 Å². The average Bonchev–Trinajstić information content (AvgIpc) is 3.11. The number of nitriles is 1. The highest BCUT2D eigenvalue weighted by molar-refractivity contribution is 6.29. The van der Waals surface area contributed by atoms with Gasteiger partial charge in [-0.05, 0) is 56.7 Å². The van der Waals surface area contributed by atoms with Crippen molar-refractivity contribution in [3.05, 3.63) is 65.1 Å². The smallest absolute Gasteiger partial charge is 0.256 e. The highest BCUT2D eigenvalue weighted by Crippen LogP contribution is 2.36. The molecule has 0 aliphatic rings. The summed E-state index contributed by atoms with van der Waals surface area (Å²) in [4.78, 5) is 21.0. The molecule has 0 fully saturated rings. The van der Waals surface area contributed by atoms with E-state index in [2.05, 4.69) is 26.5 Å². The molecule has 0 radical (unpaired) electrons. The lowest BCUT2D eigenvalue weighted by molar-refractivity contribution is -0.130. The van der Waals surface area contributed by atoms with Gasteiger partial charge in [0.2, 0.25) is 0 Å². The van der Waals surface area contributed by atoms with Crippen LogP contribution in [-0.2, 0) is 4.79 Å². The summed E-state index contributed by atoms with van der Waals surface area (Å²) in [5.41, 5.74) is 2.88. The van der Waals surface area contributed by atoms with Crippen LogP contribution < -0.4 is 5.32 Å². The number of pyridine rings is 1. The lowest BCUT2D eigenvalue weighted by Crippen LogP contribution is -2.36. The Kier molecular flexibility index (Phi) is 5.38. The van der Waals surface area contributed by atoms with Crippen LogP contribution in [0.1, 0.15) is 25.1 Å². The molecule has 3 aromatic heterocycles. The van der Waals surface area contributed by atoms with E-state index < -0.39 is 11.5 Å². The van der Waals surface area contributed by atoms with Crippen molar-refractivity contribution < 1.29 is 9.90 Å². The van der Waals surface area contributed by atoms with Gasteiger partial charge in [-0.3, -0.25) is 4.79 Å². The van der Waals surface area contributed by atoms with E-state index in [9.17, 15) is 15.2 Å². The summed E-state index contributed by atoms with van der Waals surface area (Å²) in [6, 6.07) is 14.4. The molecule has 0 aliphatic carbocycles. The second-order valence-electron chi connectivity index (χ2n) is 7.83. The zero-order valence-corrected chi connectivity index (χ0v) is 18.3. The van der Waals surface area contributed by atoms with E-state index in [-0.39, 0.29) is 5.82 Å². The summed E-state index contributed by atoms with van der Waals surface area (Å²) in [6.45, 7) is 4.62. The number of hydrogen-bond donors (Lipinski definition) is 2. The zero-order valence-electron chi connectivity index (χ0n) is 17.6. The van der Waals surface area contributed by atoms with Crippen LogP contribution in [0.5, 0.6) is 0 Å². The molecule has 0 saturated carbocycles. The monoisotopic (exact) mass is 446 g/mol. The number of fused-ring (bicyclic) bond motifs is 1. The molecular weight excluding hydrogens is 428 g/mol. The Hall–Kier alpha value is -3.80. The molecule has 0 atom stereocenters. The quantitative estimate of drug-likeness (QED) is 0.457. The molecule has 8 nitrogen and oxygen atoms in total. The van der Waals surface area contributed by atoms with Crippen LogP contribution >= 0.6 is 11.6 Å². The largest absolute Gasteiger partial charge is 0.381 e. The standard InChI is InChI=1S/C23H19ClN6O2/c1-13-9-16(11-17(24)26-13)19-20(15-6-4-5-14(10-15)12-25)29-30-8-7-18(27-21(19)30)28-22(31)23(2,3)32/h4-11,32H,1-3H3,(H,27,28,31). The fourth-order valence-corrected chi connectivity index (χ4v) is 3.50. The number of carbonyl (C=O) groups is 1. The third-order valence-electron chi connectivity index (χ3n) is 4.76. The van der Waals surface area contributed by atoms with Crippen molar-refractivity contribution in [1.82, 2.24) is 19.6 Å². The Morgan fingerprint density at radius 3 is 2.66 bits per heavy atom. The van der Waals surface area contributed by atoms with Gasteiger partial charge in [-0.1, -0.05) is 23.7 Å². The van der Waals surface area contributed by atoms with Gasteiger partial charge in [-0.15, -0.1) is 0 Å². The predicted octanol–water partition coefficient (Wildman–Crippen LogP) is 4.00. The van der Waals surface area contributed by atoms with Gasteiger partial charge in [0.25, 0.3) is 5.91 Å². The van der Waals surface area contributed by atoms with E-state index in [0.717, 1.165) is 16.8 Å². The highest BCUT2D eigenvalue weighted by atomic mass is 35.5. The first-order valence-electron chi connectivity index (χ1n) is 9.74. The van der Waals surface area contributed by atoms with Gasteiger partial charge in [-0.2, -0.15) is 10.4 Å². The van der Waals surface area contributed by atoms with Crippen LogP contribution in [0.25, 0.3) is 28.0 Å². The van der Waals surface area contributed by atoms with Crippen molar-refractivity contribution in [2.75, 3.05) is 5.32 Å². The van der Waals surface area contributed by atoms with Gasteiger partial charge in [0.1, 0.15) is 22.3 Å². The van der Waals surface area contributed by atoms with Crippen LogP contribution in [0.2, 0.25) is 5.15 Å². The van der Waals surface area contributed by atoms with Crippen LogP contribution in [-0.4, -0.2) is 36.2 Å². The lowest BCUT2D eigenvalue weighted by atomic mass is 10.00. The Balaban J connectivity index is 1.97. The summed E-state index contributed by atoms with van der Waals surface area (Å²) in [5.74, 6) is -0.319. The van der Waals surface area contributed by atoms with Gasteiger partial charge in [0.15, 0.2) is 5.65 Å². The molecule has 4 rings (SSSR count). The molecule has 1 amide bonds. The number of amides is 1. The summed E-state index contributed by atoms with van der Waals surface area (Å²) >= 11 is 6.23. The number of aliphatic hydroxyl groups is 1. The molecule has 160 valence electrons. The third kappa shape index (κ3) is 4.17. The number of aromatic nitrogens is 4. The molecule has 0 unspecified atom stereocenters. The predicted molar refractivity (Wildman–Crippen MR) is 121 cm³/mol. The van der Waals surface area contributed by atoms with Crippen molar-refractivity contribution in [2.24, 2.45) is 0 Å². The van der Waals surface area contributed by atoms with Gasteiger partial charge in [0, 0.05) is 17.5 Å². The van der Waals surface area contributed by atoms with Gasteiger partial charge in [-0.25, -0.2) is 14.5 Å². The fourth-order valence-electron chi connectivity index (χ4n) is 3.24. The molecule has 3 heterocycles. The summed E-state index contributed by atoms with van der Waals surface area (Å²) in [7, 11) is 0. The lowest BCUT2D eigenvalue weighted by Gasteiger charge is -2.16. The molecule has 32 heavy (non-hydrogen) atoms. The van der Waals surface area contributed by atoms with E-state index in [1.54, 1.807) is 41.0 Å². The topological polar surface area (TPSA) is 116 Å². The second-order valence-corrected chi connectivity index (χ2v) is 8.22. The van der Waals surface area contributed by atoms with Gasteiger partial charge < -0.3 is 10.4 Å². The minimum Gasteiger partial charge on any atom is -0.381 e. The van der Waals surface area contributed by atoms with E-state index in [1.165, 1.54) is 13.8 Å². The fraction of sp³-hybridized carbons (Fsp3) is 0.174. The van der Waals surface area contributed by atoms with Crippen molar-refractivity contribution in [3.63, 3.8) is 0 Å². The molecule has 0 saturated heterocycles. The number of halogens is 1. The number of nitrogens with zero attached hydrogens (tertiary/aromatic N) is 5. The average molecular weight is 447 g/mol. The third-order valence-corrected chi connectivity index (χ3v) is 4.95. The van der Waals surface area contributed by atoms with Crippen molar-refractivity contribution in [1.29, 1.82) is 5.26 Å². The summed E-state index contributed by atoms with van der Waals surface area (Å²) in [6.07, 6.45) is 1.67. The van der Waals surface area contributed by atoms with E-state index >= 15 is 0 Å². The minimum absolute atomic E-state index is 0.264. The SMILES string of the molecule is Cc1cc(-c2c(-c3cccc(C#N)c3)nn3ccc(NC(=O)C(C)(C)O)nc23)cc(Cl)n1. The van der Waals surface area contributed by atoms with Crippen molar-refractivity contribution in [3.8, 4) is 28.5 Å². The van der Waals surface area contributed by atoms with Crippen molar-refractivity contribution >= 4 is 29.0 Å². The molecule has 4 aromatic rings. The first-order chi connectivity index (χ1) is 15.2. The Morgan fingerprint density at radius 1 is 1.19 bits per heavy atom. The number of rotatable bonds is 4. The molecular formula is C23H19ClN6O2. The van der Waals surface area contributed by atoms with Crippen LogP contribution in [0, 0.1) is 18.3 Å². The Bertz CT molecular complexity index is 1380. The van der Waals surface area contributed by atoms with Crippen molar-refractivity contribution in [2.45, 2.75) is 26.4 Å². The van der Waals surface area contributed by atoms with E-state index in [1.807, 2.05) is 19.1 Å². The van der Waals surface area contributed by atoms with Gasteiger partial charge in [0.05, 0.1) is 17.2 Å². The first kappa shape index (κ1) is 21.4. The van der Waals surface area contributed by atoms with Gasteiger partial charge >= 0.3 is 0 Å². The molecule has 1 aromatic carbocycles.